The van der Waals surface area contributed by atoms with Crippen molar-refractivity contribution in [3.05, 3.63) is 23.9 Å². The summed E-state index contributed by atoms with van der Waals surface area (Å²) in [7, 11) is 0. The number of ether oxygens (including phenoxy) is 1. The maximum atomic E-state index is 5.51. The maximum absolute atomic E-state index is 5.51. The molecule has 5 heteroatoms. The Morgan fingerprint density at radius 2 is 2.53 bits per heavy atom. The lowest BCUT2D eigenvalue weighted by Crippen LogP contribution is -2.35. The zero-order valence-corrected chi connectivity index (χ0v) is 10.7. The van der Waals surface area contributed by atoms with Crippen LogP contribution in [0.2, 0.25) is 0 Å². The van der Waals surface area contributed by atoms with E-state index in [-0.39, 0.29) is 0 Å². The van der Waals surface area contributed by atoms with Crippen LogP contribution in [0.3, 0.4) is 0 Å². The fourth-order valence-electron chi connectivity index (χ4n) is 1.78. The highest BCUT2D eigenvalue weighted by atomic mass is 32.1. The van der Waals surface area contributed by atoms with Crippen molar-refractivity contribution in [1.29, 1.82) is 0 Å². The lowest BCUT2D eigenvalue weighted by atomic mass is 10.2. The van der Waals surface area contributed by atoms with Crippen LogP contribution in [-0.2, 0) is 4.74 Å². The van der Waals surface area contributed by atoms with Gasteiger partial charge in [-0.05, 0) is 43.6 Å². The van der Waals surface area contributed by atoms with Crippen LogP contribution >= 0.6 is 12.2 Å². The first kappa shape index (κ1) is 12.3. The van der Waals surface area contributed by atoms with Crippen LogP contribution < -0.4 is 10.6 Å². The van der Waals surface area contributed by atoms with Gasteiger partial charge in [-0.15, -0.1) is 0 Å². The molecule has 1 unspecified atom stereocenters. The van der Waals surface area contributed by atoms with Crippen LogP contribution in [0, 0.1) is 6.92 Å². The van der Waals surface area contributed by atoms with Gasteiger partial charge >= 0.3 is 0 Å². The molecule has 1 aliphatic rings. The molecule has 2 rings (SSSR count). The molecule has 92 valence electrons. The van der Waals surface area contributed by atoms with Gasteiger partial charge in [0.25, 0.3) is 0 Å². The number of hydrogen-bond donors (Lipinski definition) is 2. The predicted octanol–water partition coefficient (Wildman–Crippen LogP) is 1.86. The smallest absolute Gasteiger partial charge is 0.172 e. The number of hydrogen-bond acceptors (Lipinski definition) is 3. The molecule has 1 aromatic rings. The summed E-state index contributed by atoms with van der Waals surface area (Å²) < 4.78 is 5.51. The topological polar surface area (TPSA) is 46.2 Å². The van der Waals surface area contributed by atoms with Gasteiger partial charge < -0.3 is 15.4 Å². The lowest BCUT2D eigenvalue weighted by molar-refractivity contribution is 0.114. The van der Waals surface area contributed by atoms with E-state index < -0.39 is 0 Å². The van der Waals surface area contributed by atoms with Crippen molar-refractivity contribution in [3.8, 4) is 0 Å². The summed E-state index contributed by atoms with van der Waals surface area (Å²) in [5, 5.41) is 6.84. The SMILES string of the molecule is Cc1cccnc1NC(=S)NCC1CCCO1. The molecule has 0 spiro atoms. The Labute approximate surface area is 107 Å². The van der Waals surface area contributed by atoms with Crippen molar-refractivity contribution in [2.45, 2.75) is 25.9 Å². The predicted molar refractivity (Wildman–Crippen MR) is 72.2 cm³/mol. The van der Waals surface area contributed by atoms with Gasteiger partial charge in [0, 0.05) is 19.3 Å². The largest absolute Gasteiger partial charge is 0.376 e. The number of pyridine rings is 1. The van der Waals surface area contributed by atoms with Gasteiger partial charge in [-0.1, -0.05) is 6.07 Å². The molecular weight excluding hydrogens is 234 g/mol. The molecular formula is C12H17N3OS. The van der Waals surface area contributed by atoms with E-state index >= 15 is 0 Å². The summed E-state index contributed by atoms with van der Waals surface area (Å²) in [5.74, 6) is 0.803. The number of thiocarbonyl (C=S) groups is 1. The Morgan fingerprint density at radius 1 is 1.65 bits per heavy atom. The Morgan fingerprint density at radius 3 is 3.24 bits per heavy atom. The molecule has 1 saturated heterocycles. The molecule has 2 heterocycles. The van der Waals surface area contributed by atoms with E-state index in [2.05, 4.69) is 15.6 Å². The van der Waals surface area contributed by atoms with Crippen LogP contribution in [0.15, 0.2) is 18.3 Å². The molecule has 17 heavy (non-hydrogen) atoms. The molecule has 0 aliphatic carbocycles. The van der Waals surface area contributed by atoms with Gasteiger partial charge in [-0.2, -0.15) is 0 Å². The first-order chi connectivity index (χ1) is 8.25. The molecule has 1 aromatic heterocycles. The van der Waals surface area contributed by atoms with Gasteiger partial charge in [0.05, 0.1) is 6.10 Å². The van der Waals surface area contributed by atoms with Crippen molar-refractivity contribution in [1.82, 2.24) is 10.3 Å². The van der Waals surface area contributed by atoms with Crippen molar-refractivity contribution >= 4 is 23.1 Å². The van der Waals surface area contributed by atoms with E-state index in [4.69, 9.17) is 17.0 Å². The quantitative estimate of drug-likeness (QED) is 0.803. The third kappa shape index (κ3) is 3.64. The van der Waals surface area contributed by atoms with E-state index in [9.17, 15) is 0 Å². The van der Waals surface area contributed by atoms with E-state index in [1.54, 1.807) is 6.20 Å². The van der Waals surface area contributed by atoms with Crippen LogP contribution in [0.5, 0.6) is 0 Å². The molecule has 0 radical (unpaired) electrons. The third-order valence-corrected chi connectivity index (χ3v) is 3.00. The normalized spacial score (nSPS) is 19.0. The van der Waals surface area contributed by atoms with Crippen molar-refractivity contribution in [2.75, 3.05) is 18.5 Å². The Balaban J connectivity index is 1.79. The summed E-state index contributed by atoms with van der Waals surface area (Å²) in [6, 6.07) is 3.90. The van der Waals surface area contributed by atoms with Gasteiger partial charge in [-0.25, -0.2) is 4.98 Å². The van der Waals surface area contributed by atoms with E-state index in [0.717, 1.165) is 37.4 Å². The van der Waals surface area contributed by atoms with Crippen LogP contribution in [-0.4, -0.2) is 29.4 Å². The van der Waals surface area contributed by atoms with Gasteiger partial charge in [0.2, 0.25) is 0 Å². The minimum atomic E-state index is 0.291. The van der Waals surface area contributed by atoms with Crippen molar-refractivity contribution in [2.24, 2.45) is 0 Å². The van der Waals surface area contributed by atoms with Crippen LogP contribution in [0.25, 0.3) is 0 Å². The monoisotopic (exact) mass is 251 g/mol. The van der Waals surface area contributed by atoms with E-state index in [0.29, 0.717) is 11.2 Å². The molecule has 1 aliphatic heterocycles. The van der Waals surface area contributed by atoms with Crippen LogP contribution in [0.4, 0.5) is 5.82 Å². The number of nitrogens with zero attached hydrogens (tertiary/aromatic N) is 1. The second kappa shape index (κ2) is 5.93. The summed E-state index contributed by atoms with van der Waals surface area (Å²) in [5.41, 5.74) is 1.08. The fourth-order valence-corrected chi connectivity index (χ4v) is 1.96. The Bertz CT molecular complexity index is 391. The summed E-state index contributed by atoms with van der Waals surface area (Å²) >= 11 is 5.21. The first-order valence-electron chi connectivity index (χ1n) is 5.84. The molecule has 0 saturated carbocycles. The molecule has 0 bridgehead atoms. The van der Waals surface area contributed by atoms with Crippen molar-refractivity contribution in [3.63, 3.8) is 0 Å². The van der Waals surface area contributed by atoms with Gasteiger partial charge in [-0.3, -0.25) is 0 Å². The molecule has 2 N–H and O–H groups in total. The molecule has 0 amide bonds. The zero-order valence-electron chi connectivity index (χ0n) is 9.90. The third-order valence-electron chi connectivity index (χ3n) is 2.76. The summed E-state index contributed by atoms with van der Waals surface area (Å²) in [6.45, 7) is 3.63. The molecule has 4 nitrogen and oxygen atoms in total. The van der Waals surface area contributed by atoms with E-state index in [1.807, 2.05) is 19.1 Å². The highest BCUT2D eigenvalue weighted by Gasteiger charge is 2.15. The zero-order chi connectivity index (χ0) is 12.1. The number of rotatable bonds is 3. The van der Waals surface area contributed by atoms with Gasteiger partial charge in [0.15, 0.2) is 5.11 Å². The summed E-state index contributed by atoms with van der Waals surface area (Å²) in [6.07, 6.45) is 4.29. The van der Waals surface area contributed by atoms with Crippen molar-refractivity contribution < 1.29 is 4.74 Å². The second-order valence-electron chi connectivity index (χ2n) is 4.14. The maximum Gasteiger partial charge on any atom is 0.172 e. The number of nitrogens with one attached hydrogen (secondary N) is 2. The minimum absolute atomic E-state index is 0.291. The lowest BCUT2D eigenvalue weighted by Gasteiger charge is -2.14. The molecule has 1 atom stereocenters. The van der Waals surface area contributed by atoms with E-state index in [1.165, 1.54) is 0 Å². The number of aryl methyl sites for hydroxylation is 1. The van der Waals surface area contributed by atoms with Gasteiger partial charge in [0.1, 0.15) is 5.82 Å². The average molecular weight is 251 g/mol. The first-order valence-corrected chi connectivity index (χ1v) is 6.24. The second-order valence-corrected chi connectivity index (χ2v) is 4.55. The average Bonchev–Trinajstić information content (AvgIpc) is 2.82. The Hall–Kier alpha value is -1.20. The number of aromatic nitrogens is 1. The highest BCUT2D eigenvalue weighted by Crippen LogP contribution is 2.11. The minimum Gasteiger partial charge on any atom is -0.376 e. The highest BCUT2D eigenvalue weighted by molar-refractivity contribution is 7.80. The fraction of sp³-hybridized carbons (Fsp3) is 0.500. The molecule has 1 fully saturated rings. The summed E-state index contributed by atoms with van der Waals surface area (Å²) in [4.78, 5) is 4.23. The molecule has 0 aromatic carbocycles. The number of anilines is 1. The Kier molecular flexibility index (Phi) is 4.28. The standard InChI is InChI=1S/C12H17N3OS/c1-9-4-2-6-13-11(9)15-12(17)14-8-10-5-3-7-16-10/h2,4,6,10H,3,5,7-8H2,1H3,(H2,13,14,15,17). The van der Waals surface area contributed by atoms with Crippen LogP contribution in [0.1, 0.15) is 18.4 Å².